The quantitative estimate of drug-likeness (QED) is 0.228. The molecule has 3 aromatic carbocycles. The summed E-state index contributed by atoms with van der Waals surface area (Å²) in [4.78, 5) is 33.7. The maximum atomic E-state index is 13.7. The van der Waals surface area contributed by atoms with Crippen molar-refractivity contribution in [2.75, 3.05) is 26.2 Å². The van der Waals surface area contributed by atoms with Gasteiger partial charge in [0.1, 0.15) is 5.75 Å². The Kier molecular flexibility index (Phi) is 9.66. The topological polar surface area (TPSA) is 65.6 Å². The van der Waals surface area contributed by atoms with Gasteiger partial charge in [-0.3, -0.25) is 9.59 Å². The molecule has 0 radical (unpaired) electrons. The number of ether oxygens (including phenoxy) is 1. The van der Waals surface area contributed by atoms with Crippen LogP contribution in [0.4, 0.5) is 0 Å². The van der Waals surface area contributed by atoms with Gasteiger partial charge in [0.2, 0.25) is 5.91 Å². The van der Waals surface area contributed by atoms with Crippen LogP contribution in [0, 0.1) is 12.8 Å². The number of halogens is 1. The molecular formula is C32H36ClN3O3. The van der Waals surface area contributed by atoms with Gasteiger partial charge < -0.3 is 19.5 Å². The molecule has 0 spiro atoms. The average molecular weight is 546 g/mol. The first kappa shape index (κ1) is 28.2. The van der Waals surface area contributed by atoms with E-state index in [4.69, 9.17) is 16.3 Å². The Balaban J connectivity index is 1.47. The zero-order valence-corrected chi connectivity index (χ0v) is 23.6. The summed E-state index contributed by atoms with van der Waals surface area (Å²) in [6.45, 7) is 7.46. The van der Waals surface area contributed by atoms with E-state index >= 15 is 0 Å². The minimum absolute atomic E-state index is 0.000731. The van der Waals surface area contributed by atoms with E-state index in [1.54, 1.807) is 29.2 Å². The van der Waals surface area contributed by atoms with Gasteiger partial charge in [0.15, 0.2) is 6.61 Å². The number of benzene rings is 3. The van der Waals surface area contributed by atoms with E-state index in [1.165, 1.54) is 11.1 Å². The molecule has 6 nitrogen and oxygen atoms in total. The van der Waals surface area contributed by atoms with E-state index in [0.29, 0.717) is 36.8 Å². The third kappa shape index (κ3) is 8.11. The fourth-order valence-corrected chi connectivity index (χ4v) is 4.65. The van der Waals surface area contributed by atoms with E-state index in [1.807, 2.05) is 44.0 Å². The number of para-hydroxylation sites is 1. The molecular weight excluding hydrogens is 510 g/mol. The van der Waals surface area contributed by atoms with Gasteiger partial charge in [-0.2, -0.15) is 0 Å². The molecule has 0 saturated heterocycles. The van der Waals surface area contributed by atoms with Gasteiger partial charge in [0, 0.05) is 41.8 Å². The highest BCUT2D eigenvalue weighted by atomic mass is 35.5. The van der Waals surface area contributed by atoms with Gasteiger partial charge >= 0.3 is 0 Å². The number of hydrogen-bond acceptors (Lipinski definition) is 3. The van der Waals surface area contributed by atoms with Crippen molar-refractivity contribution in [1.82, 2.24) is 14.8 Å². The molecule has 0 aliphatic carbocycles. The van der Waals surface area contributed by atoms with Crippen LogP contribution in [0.15, 0.2) is 79.0 Å². The number of amides is 2. The van der Waals surface area contributed by atoms with E-state index < -0.39 is 0 Å². The lowest BCUT2D eigenvalue weighted by atomic mass is 10.1. The van der Waals surface area contributed by atoms with Gasteiger partial charge in [-0.1, -0.05) is 73.5 Å². The highest BCUT2D eigenvalue weighted by molar-refractivity contribution is 6.30. The van der Waals surface area contributed by atoms with Crippen molar-refractivity contribution in [2.24, 2.45) is 5.92 Å². The highest BCUT2D eigenvalue weighted by Crippen LogP contribution is 2.19. The van der Waals surface area contributed by atoms with Crippen LogP contribution in [-0.4, -0.2) is 52.8 Å². The first-order chi connectivity index (χ1) is 18.8. The Hall–Kier alpha value is -3.77. The Morgan fingerprint density at radius 1 is 0.923 bits per heavy atom. The summed E-state index contributed by atoms with van der Waals surface area (Å²) >= 11 is 5.95. The summed E-state index contributed by atoms with van der Waals surface area (Å²) in [5.41, 5.74) is 4.47. The van der Waals surface area contributed by atoms with Crippen molar-refractivity contribution < 1.29 is 14.3 Å². The predicted octanol–water partition coefficient (Wildman–Crippen LogP) is 6.26. The van der Waals surface area contributed by atoms with Crippen LogP contribution in [0.3, 0.4) is 0 Å². The molecule has 204 valence electrons. The van der Waals surface area contributed by atoms with Gasteiger partial charge in [-0.05, 0) is 60.7 Å². The molecule has 1 heterocycles. The van der Waals surface area contributed by atoms with Crippen molar-refractivity contribution in [3.63, 3.8) is 0 Å². The minimum Gasteiger partial charge on any atom is -0.484 e. The summed E-state index contributed by atoms with van der Waals surface area (Å²) < 4.78 is 5.69. The van der Waals surface area contributed by atoms with Crippen molar-refractivity contribution >= 4 is 34.3 Å². The van der Waals surface area contributed by atoms with Crippen LogP contribution < -0.4 is 4.74 Å². The minimum atomic E-state index is -0.223. The number of aryl methyl sites for hydroxylation is 1. The lowest BCUT2D eigenvalue weighted by Gasteiger charge is -2.29. The fraction of sp³-hybridized carbons (Fsp3) is 0.312. The van der Waals surface area contributed by atoms with Gasteiger partial charge in [-0.25, -0.2) is 0 Å². The number of aromatic amines is 1. The van der Waals surface area contributed by atoms with E-state index in [2.05, 4.69) is 41.4 Å². The van der Waals surface area contributed by atoms with Crippen LogP contribution in [-0.2, 0) is 22.6 Å². The Morgan fingerprint density at radius 2 is 1.64 bits per heavy atom. The van der Waals surface area contributed by atoms with Crippen LogP contribution >= 0.6 is 11.6 Å². The van der Waals surface area contributed by atoms with Crippen molar-refractivity contribution in [3.05, 3.63) is 101 Å². The number of H-pyrrole nitrogens is 1. The molecule has 1 aromatic heterocycles. The first-order valence-corrected chi connectivity index (χ1v) is 13.7. The molecule has 1 N–H and O–H groups in total. The monoisotopic (exact) mass is 545 g/mol. The third-order valence-electron chi connectivity index (χ3n) is 6.61. The third-order valence-corrected chi connectivity index (χ3v) is 6.87. The number of fused-ring (bicyclic) bond motifs is 1. The smallest absolute Gasteiger partial charge is 0.260 e. The maximum Gasteiger partial charge on any atom is 0.260 e. The van der Waals surface area contributed by atoms with E-state index in [-0.39, 0.29) is 30.9 Å². The normalized spacial score (nSPS) is 11.1. The second-order valence-corrected chi connectivity index (χ2v) is 10.8. The molecule has 0 aliphatic rings. The summed E-state index contributed by atoms with van der Waals surface area (Å²) in [6.07, 6.45) is 2.72. The second kappa shape index (κ2) is 13.3. The van der Waals surface area contributed by atoms with Crippen molar-refractivity contribution in [2.45, 2.75) is 33.7 Å². The fourth-order valence-electron chi connectivity index (χ4n) is 4.53. The molecule has 39 heavy (non-hydrogen) atoms. The Morgan fingerprint density at radius 3 is 2.36 bits per heavy atom. The molecule has 0 fully saturated rings. The lowest BCUT2D eigenvalue weighted by molar-refractivity contribution is -0.142. The number of nitrogens with one attached hydrogen (secondary N) is 1. The molecule has 0 atom stereocenters. The summed E-state index contributed by atoms with van der Waals surface area (Å²) in [6, 6.07) is 23.3. The number of carbonyl (C=O) groups excluding carboxylic acids is 2. The Labute approximate surface area is 235 Å². The number of nitrogens with zero attached hydrogens (tertiary/aromatic N) is 2. The molecule has 2 amide bonds. The number of carbonyl (C=O) groups is 2. The van der Waals surface area contributed by atoms with Crippen LogP contribution in [0.25, 0.3) is 10.9 Å². The first-order valence-electron chi connectivity index (χ1n) is 13.3. The van der Waals surface area contributed by atoms with Gasteiger partial charge in [-0.15, -0.1) is 0 Å². The van der Waals surface area contributed by atoms with Crippen LogP contribution in [0.1, 0.15) is 30.5 Å². The zero-order valence-electron chi connectivity index (χ0n) is 22.8. The molecule has 4 aromatic rings. The zero-order chi connectivity index (χ0) is 27.8. The molecule has 0 bridgehead atoms. The van der Waals surface area contributed by atoms with Gasteiger partial charge in [0.25, 0.3) is 5.91 Å². The number of rotatable bonds is 12. The predicted molar refractivity (Wildman–Crippen MR) is 157 cm³/mol. The lowest BCUT2D eigenvalue weighted by Crippen LogP contribution is -2.46. The number of aromatic nitrogens is 1. The van der Waals surface area contributed by atoms with E-state index in [9.17, 15) is 9.59 Å². The Bertz CT molecular complexity index is 1380. The standard InChI is InChI=1S/C32H36ClN3O3/c1-23(2)19-36(32(38)22-39-28-14-12-27(33)13-15-28)21-31(37)35(20-25-10-8-24(3)9-11-25)17-16-26-18-34-30-7-5-4-6-29(26)30/h4-15,18,23,34H,16-17,19-22H2,1-3H3. The molecule has 4 rings (SSSR count). The van der Waals surface area contributed by atoms with Crippen LogP contribution in [0.5, 0.6) is 5.75 Å². The van der Waals surface area contributed by atoms with Crippen LogP contribution in [0.2, 0.25) is 5.02 Å². The summed E-state index contributed by atoms with van der Waals surface area (Å²) in [5, 5.41) is 1.76. The summed E-state index contributed by atoms with van der Waals surface area (Å²) in [5.74, 6) is 0.451. The molecule has 0 unspecified atom stereocenters. The average Bonchev–Trinajstić information content (AvgIpc) is 3.34. The maximum absolute atomic E-state index is 13.7. The van der Waals surface area contributed by atoms with Crippen molar-refractivity contribution in [1.29, 1.82) is 0 Å². The molecule has 7 heteroatoms. The second-order valence-electron chi connectivity index (χ2n) is 10.3. The summed E-state index contributed by atoms with van der Waals surface area (Å²) in [7, 11) is 0. The molecule has 0 aliphatic heterocycles. The SMILES string of the molecule is Cc1ccc(CN(CCc2c[nH]c3ccccc23)C(=O)CN(CC(C)C)C(=O)COc2ccc(Cl)cc2)cc1. The largest absolute Gasteiger partial charge is 0.484 e. The van der Waals surface area contributed by atoms with Crippen molar-refractivity contribution in [3.8, 4) is 5.75 Å². The highest BCUT2D eigenvalue weighted by Gasteiger charge is 2.23. The molecule has 0 saturated carbocycles. The van der Waals surface area contributed by atoms with Gasteiger partial charge in [0.05, 0.1) is 6.54 Å². The number of hydrogen-bond donors (Lipinski definition) is 1. The van der Waals surface area contributed by atoms with E-state index in [0.717, 1.165) is 16.5 Å².